The molecule has 1 aromatic carbocycles. The predicted octanol–water partition coefficient (Wildman–Crippen LogP) is 1.68. The maximum Gasteiger partial charge on any atom is 0.235 e. The van der Waals surface area contributed by atoms with Gasteiger partial charge in [0.25, 0.3) is 0 Å². The Morgan fingerprint density at radius 1 is 1.33 bits per heavy atom. The molecule has 0 bridgehead atoms. The molecule has 1 rings (SSSR count). The van der Waals surface area contributed by atoms with E-state index in [4.69, 9.17) is 9.47 Å². The van der Waals surface area contributed by atoms with Crippen LogP contribution in [0.5, 0.6) is 11.5 Å². The van der Waals surface area contributed by atoms with Crippen molar-refractivity contribution in [3.8, 4) is 11.5 Å². The number of hydrogen-bond donors (Lipinski definition) is 0. The van der Waals surface area contributed by atoms with E-state index in [1.54, 1.807) is 6.07 Å². The molecule has 0 fully saturated rings. The number of isocyanates is 1. The van der Waals surface area contributed by atoms with Crippen molar-refractivity contribution in [1.29, 1.82) is 0 Å². The molecule has 0 aliphatic rings. The lowest BCUT2D eigenvalue weighted by molar-refractivity contribution is 0.371. The number of ether oxygens (including phenoxy) is 2. The highest BCUT2D eigenvalue weighted by Gasteiger charge is 2.13. The van der Waals surface area contributed by atoms with Crippen molar-refractivity contribution in [3.63, 3.8) is 0 Å². The Morgan fingerprint density at radius 3 is 2.47 bits per heavy atom. The van der Waals surface area contributed by atoms with Crippen LogP contribution < -0.4 is 9.47 Å². The van der Waals surface area contributed by atoms with Gasteiger partial charge in [0.2, 0.25) is 6.08 Å². The first-order chi connectivity index (χ1) is 7.24. The van der Waals surface area contributed by atoms with Crippen LogP contribution in [0.15, 0.2) is 17.1 Å². The van der Waals surface area contributed by atoms with Crippen molar-refractivity contribution in [2.75, 3.05) is 14.2 Å². The Labute approximate surface area is 86.3 Å². The third-order valence-electron chi connectivity index (χ3n) is 1.91. The van der Waals surface area contributed by atoms with Crippen LogP contribution in [-0.4, -0.2) is 20.3 Å². The summed E-state index contributed by atoms with van der Waals surface area (Å²) in [7, 11) is 2.77. The number of rotatable bonds is 4. The molecule has 0 aromatic heterocycles. The van der Waals surface area contributed by atoms with Crippen molar-refractivity contribution in [2.45, 2.75) is 6.54 Å². The van der Waals surface area contributed by atoms with Crippen LogP contribution in [0.2, 0.25) is 0 Å². The predicted molar refractivity (Wildman–Crippen MR) is 51.3 cm³/mol. The van der Waals surface area contributed by atoms with Crippen molar-refractivity contribution in [2.24, 2.45) is 4.99 Å². The van der Waals surface area contributed by atoms with Gasteiger partial charge in [-0.15, -0.1) is 0 Å². The van der Waals surface area contributed by atoms with Crippen LogP contribution in [0.25, 0.3) is 0 Å². The highest BCUT2D eigenvalue weighted by molar-refractivity contribution is 5.43. The average Bonchev–Trinajstić information content (AvgIpc) is 2.27. The van der Waals surface area contributed by atoms with Gasteiger partial charge >= 0.3 is 0 Å². The van der Waals surface area contributed by atoms with Gasteiger partial charge in [-0.25, -0.2) is 14.2 Å². The van der Waals surface area contributed by atoms with Crippen molar-refractivity contribution in [3.05, 3.63) is 23.5 Å². The molecule has 0 aliphatic heterocycles. The molecule has 0 N–H and O–H groups in total. The zero-order valence-corrected chi connectivity index (χ0v) is 8.41. The summed E-state index contributed by atoms with van der Waals surface area (Å²) in [6.07, 6.45) is 1.34. The highest BCUT2D eigenvalue weighted by atomic mass is 19.1. The lowest BCUT2D eigenvalue weighted by Gasteiger charge is -2.09. The second kappa shape index (κ2) is 5.12. The number of hydrogen-bond acceptors (Lipinski definition) is 4. The van der Waals surface area contributed by atoms with E-state index in [9.17, 15) is 9.18 Å². The maximum absolute atomic E-state index is 13.6. The molecule has 5 heteroatoms. The molecule has 0 heterocycles. The Morgan fingerprint density at radius 2 is 1.93 bits per heavy atom. The van der Waals surface area contributed by atoms with Gasteiger partial charge in [-0.3, -0.25) is 0 Å². The molecule has 15 heavy (non-hydrogen) atoms. The van der Waals surface area contributed by atoms with Gasteiger partial charge in [0, 0.05) is 0 Å². The van der Waals surface area contributed by atoms with Crippen molar-refractivity contribution >= 4 is 6.08 Å². The van der Waals surface area contributed by atoms with Crippen LogP contribution in [-0.2, 0) is 11.3 Å². The lowest BCUT2D eigenvalue weighted by atomic mass is 10.1. The summed E-state index contributed by atoms with van der Waals surface area (Å²) < 4.78 is 23.4. The molecule has 0 saturated carbocycles. The molecule has 4 nitrogen and oxygen atoms in total. The van der Waals surface area contributed by atoms with Crippen LogP contribution in [0.3, 0.4) is 0 Å². The number of halogens is 1. The van der Waals surface area contributed by atoms with E-state index in [0.717, 1.165) is 0 Å². The van der Waals surface area contributed by atoms with E-state index in [1.807, 2.05) is 0 Å². The van der Waals surface area contributed by atoms with Crippen LogP contribution >= 0.6 is 0 Å². The van der Waals surface area contributed by atoms with E-state index < -0.39 is 5.82 Å². The second-order valence-electron chi connectivity index (χ2n) is 2.67. The van der Waals surface area contributed by atoms with E-state index in [0.29, 0.717) is 5.75 Å². The molecule has 80 valence electrons. The van der Waals surface area contributed by atoms with Crippen LogP contribution in [0, 0.1) is 5.82 Å². The Hall–Kier alpha value is -1.87. The minimum Gasteiger partial charge on any atom is -0.496 e. The molecule has 1 aromatic rings. The molecule has 0 saturated heterocycles. The zero-order valence-electron chi connectivity index (χ0n) is 8.41. The van der Waals surface area contributed by atoms with Gasteiger partial charge in [0.05, 0.1) is 26.3 Å². The summed E-state index contributed by atoms with van der Waals surface area (Å²) >= 11 is 0. The highest BCUT2D eigenvalue weighted by Crippen LogP contribution is 2.29. The van der Waals surface area contributed by atoms with Crippen molar-refractivity contribution < 1.29 is 18.7 Å². The number of carbonyl (C=O) groups excluding carboxylic acids is 1. The molecule has 0 atom stereocenters. The summed E-state index contributed by atoms with van der Waals surface area (Å²) in [5, 5.41) is 0. The molecule has 0 spiro atoms. The van der Waals surface area contributed by atoms with E-state index in [1.165, 1.54) is 26.4 Å². The number of benzene rings is 1. The SMILES string of the molecule is COc1ccc(OC)c(CN=C=O)c1F. The number of nitrogens with zero attached hydrogens (tertiary/aromatic N) is 1. The third kappa shape index (κ3) is 2.33. The number of methoxy groups -OCH3 is 2. The van der Waals surface area contributed by atoms with E-state index >= 15 is 0 Å². The van der Waals surface area contributed by atoms with Gasteiger partial charge in [-0.2, -0.15) is 0 Å². The molecule has 0 amide bonds. The van der Waals surface area contributed by atoms with Gasteiger partial charge in [0.1, 0.15) is 5.75 Å². The molecule has 0 aliphatic carbocycles. The fraction of sp³-hybridized carbons (Fsp3) is 0.300. The smallest absolute Gasteiger partial charge is 0.235 e. The minimum absolute atomic E-state index is 0.0897. The zero-order chi connectivity index (χ0) is 11.3. The number of aliphatic imine (C=N–C) groups is 1. The quantitative estimate of drug-likeness (QED) is 0.562. The Balaban J connectivity index is 3.21. The van der Waals surface area contributed by atoms with Gasteiger partial charge in [0.15, 0.2) is 11.6 Å². The Kier molecular flexibility index (Phi) is 3.83. The van der Waals surface area contributed by atoms with Gasteiger partial charge < -0.3 is 9.47 Å². The van der Waals surface area contributed by atoms with E-state index in [2.05, 4.69) is 4.99 Å². The fourth-order valence-electron chi connectivity index (χ4n) is 1.19. The second-order valence-corrected chi connectivity index (χ2v) is 2.67. The largest absolute Gasteiger partial charge is 0.496 e. The topological polar surface area (TPSA) is 47.9 Å². The lowest BCUT2D eigenvalue weighted by Crippen LogP contribution is -1.98. The third-order valence-corrected chi connectivity index (χ3v) is 1.91. The van der Waals surface area contributed by atoms with Crippen molar-refractivity contribution in [1.82, 2.24) is 0 Å². The summed E-state index contributed by atoms with van der Waals surface area (Å²) in [4.78, 5) is 13.3. The fourth-order valence-corrected chi connectivity index (χ4v) is 1.19. The standard InChI is InChI=1S/C10H10FNO3/c1-14-8-3-4-9(15-2)10(11)7(8)5-12-6-13/h3-4H,5H2,1-2H3. The van der Waals surface area contributed by atoms with E-state index in [-0.39, 0.29) is 17.9 Å². The Bertz CT molecular complexity index is 400. The van der Waals surface area contributed by atoms with Gasteiger partial charge in [-0.05, 0) is 12.1 Å². The first-order valence-corrected chi connectivity index (χ1v) is 4.17. The monoisotopic (exact) mass is 211 g/mol. The minimum atomic E-state index is -0.573. The summed E-state index contributed by atoms with van der Waals surface area (Å²) in [6, 6.07) is 3.00. The first kappa shape index (κ1) is 11.2. The molecular weight excluding hydrogens is 201 g/mol. The summed E-state index contributed by atoms with van der Waals surface area (Å²) in [6.45, 7) is -0.115. The summed E-state index contributed by atoms with van der Waals surface area (Å²) in [5.74, 6) is -0.157. The summed E-state index contributed by atoms with van der Waals surface area (Å²) in [5.41, 5.74) is 0.181. The maximum atomic E-state index is 13.6. The first-order valence-electron chi connectivity index (χ1n) is 4.17. The molecule has 0 unspecified atom stereocenters. The van der Waals surface area contributed by atoms with Crippen LogP contribution in [0.4, 0.5) is 4.39 Å². The van der Waals surface area contributed by atoms with Gasteiger partial charge in [-0.1, -0.05) is 0 Å². The van der Waals surface area contributed by atoms with Crippen LogP contribution in [0.1, 0.15) is 5.56 Å². The molecular formula is C10H10FNO3. The normalized spacial score (nSPS) is 9.27. The molecule has 0 radical (unpaired) electrons. The average molecular weight is 211 g/mol.